The van der Waals surface area contributed by atoms with Crippen LogP contribution in [0.3, 0.4) is 0 Å². The Bertz CT molecular complexity index is 1310. The van der Waals surface area contributed by atoms with Crippen LogP contribution in [-0.2, 0) is 14.9 Å². The summed E-state index contributed by atoms with van der Waals surface area (Å²) >= 11 is 0. The van der Waals surface area contributed by atoms with Gasteiger partial charge in [-0.15, -0.1) is 0 Å². The Hall–Kier alpha value is -3.85. The first kappa shape index (κ1) is 26.2. The van der Waals surface area contributed by atoms with E-state index in [0.717, 1.165) is 22.5 Å². The number of ether oxygens (including phenoxy) is 3. The van der Waals surface area contributed by atoms with E-state index in [1.54, 1.807) is 30.0 Å². The Morgan fingerprint density at radius 2 is 1.84 bits per heavy atom. The van der Waals surface area contributed by atoms with Gasteiger partial charge in [-0.25, -0.2) is 4.68 Å². The van der Waals surface area contributed by atoms with Crippen molar-refractivity contribution in [3.05, 3.63) is 64.8 Å². The van der Waals surface area contributed by atoms with Crippen LogP contribution in [0.4, 0.5) is 5.82 Å². The molecule has 1 aliphatic heterocycles. The lowest BCUT2D eigenvalue weighted by molar-refractivity contribution is -0.117. The summed E-state index contributed by atoms with van der Waals surface area (Å²) in [6.45, 7) is 10.8. The molecule has 2 amide bonds. The number of hydrogen-bond acceptors (Lipinski definition) is 6. The van der Waals surface area contributed by atoms with Gasteiger partial charge in [0.2, 0.25) is 12.7 Å². The van der Waals surface area contributed by atoms with Crippen LogP contribution in [0.1, 0.15) is 48.0 Å². The number of carbonyl (C=O) groups is 2. The minimum Gasteiger partial charge on any atom is -0.454 e. The Morgan fingerprint density at radius 3 is 2.54 bits per heavy atom. The van der Waals surface area contributed by atoms with Crippen molar-refractivity contribution in [1.82, 2.24) is 14.7 Å². The lowest BCUT2D eigenvalue weighted by Crippen LogP contribution is -2.40. The summed E-state index contributed by atoms with van der Waals surface area (Å²) in [6, 6.07) is 13.0. The zero-order valence-corrected chi connectivity index (χ0v) is 22.3. The molecule has 3 aromatic rings. The third-order valence-corrected chi connectivity index (χ3v) is 6.13. The molecule has 196 valence electrons. The van der Waals surface area contributed by atoms with Crippen molar-refractivity contribution in [3.8, 4) is 17.2 Å². The summed E-state index contributed by atoms with van der Waals surface area (Å²) in [5.74, 6) is 1.01. The maximum absolute atomic E-state index is 13.3. The number of amides is 2. The Morgan fingerprint density at radius 1 is 1.08 bits per heavy atom. The molecule has 0 fully saturated rings. The van der Waals surface area contributed by atoms with Gasteiger partial charge in [0.05, 0.1) is 18.0 Å². The van der Waals surface area contributed by atoms with Crippen LogP contribution in [0.25, 0.3) is 5.69 Å². The number of nitrogens with one attached hydrogen (secondary N) is 1. The van der Waals surface area contributed by atoms with E-state index >= 15 is 0 Å². The van der Waals surface area contributed by atoms with Crippen molar-refractivity contribution >= 4 is 17.6 Å². The molecule has 1 N–H and O–H groups in total. The van der Waals surface area contributed by atoms with E-state index in [9.17, 15) is 9.59 Å². The van der Waals surface area contributed by atoms with Crippen LogP contribution in [0.15, 0.2) is 42.5 Å². The second kappa shape index (κ2) is 10.6. The first-order valence-corrected chi connectivity index (χ1v) is 12.2. The fourth-order valence-electron chi connectivity index (χ4n) is 4.09. The normalized spacial score (nSPS) is 12.5. The minimum absolute atomic E-state index is 0.119. The van der Waals surface area contributed by atoms with Gasteiger partial charge in [-0.2, -0.15) is 5.10 Å². The highest BCUT2D eigenvalue weighted by molar-refractivity contribution is 5.99. The first-order chi connectivity index (χ1) is 17.6. The van der Waals surface area contributed by atoms with Crippen molar-refractivity contribution in [2.45, 2.75) is 40.0 Å². The van der Waals surface area contributed by atoms with Gasteiger partial charge >= 0.3 is 0 Å². The molecule has 2 aromatic carbocycles. The van der Waals surface area contributed by atoms with Crippen LogP contribution >= 0.6 is 0 Å². The topological polar surface area (TPSA) is 94.9 Å². The molecular formula is C28H34N4O5. The van der Waals surface area contributed by atoms with Crippen LogP contribution < -0.4 is 14.8 Å². The number of carbonyl (C=O) groups excluding carboxylic acids is 2. The van der Waals surface area contributed by atoms with Crippen LogP contribution in [0.5, 0.6) is 11.5 Å². The van der Waals surface area contributed by atoms with Gasteiger partial charge in [-0.3, -0.25) is 9.59 Å². The number of aryl methyl sites for hydroxylation is 2. The minimum atomic E-state index is -0.337. The summed E-state index contributed by atoms with van der Waals surface area (Å²) in [5.41, 5.74) is 4.09. The molecule has 0 spiro atoms. The molecule has 0 unspecified atom stereocenters. The molecule has 1 aromatic heterocycles. The van der Waals surface area contributed by atoms with Crippen molar-refractivity contribution in [2.24, 2.45) is 0 Å². The number of hydrogen-bond donors (Lipinski definition) is 1. The highest BCUT2D eigenvalue weighted by atomic mass is 16.7. The third kappa shape index (κ3) is 5.94. The molecule has 1 aliphatic rings. The zero-order chi connectivity index (χ0) is 26.7. The molecule has 37 heavy (non-hydrogen) atoms. The van der Waals surface area contributed by atoms with Crippen LogP contribution in [0, 0.1) is 13.8 Å². The van der Waals surface area contributed by atoms with E-state index in [1.165, 1.54) is 4.90 Å². The number of methoxy groups -OCH3 is 1. The Kier molecular flexibility index (Phi) is 7.54. The second-order valence-corrected chi connectivity index (χ2v) is 10.2. The fraction of sp³-hybridized carbons (Fsp3) is 0.393. The van der Waals surface area contributed by atoms with Gasteiger partial charge < -0.3 is 24.4 Å². The standard InChI is InChI=1S/C28H34N4O5/c1-18-7-9-21(19(2)13-18)32-25(15-24(30-32)28(3,4)5)29-26(33)16-31(11-12-35-6)27(34)20-8-10-22-23(14-20)37-17-36-22/h7-10,13-15H,11-12,16-17H2,1-6H3,(H,29,33). The van der Waals surface area contributed by atoms with Crippen molar-refractivity contribution < 1.29 is 23.8 Å². The van der Waals surface area contributed by atoms with Gasteiger partial charge in [-0.1, -0.05) is 38.5 Å². The molecular weight excluding hydrogens is 472 g/mol. The van der Waals surface area contributed by atoms with E-state index in [0.29, 0.717) is 22.9 Å². The average Bonchev–Trinajstić information content (AvgIpc) is 3.48. The predicted octanol–water partition coefficient (Wildman–Crippen LogP) is 4.24. The van der Waals surface area contributed by atoms with Crippen molar-refractivity contribution in [1.29, 1.82) is 0 Å². The molecule has 9 nitrogen and oxygen atoms in total. The smallest absolute Gasteiger partial charge is 0.254 e. The number of fused-ring (bicyclic) bond motifs is 1. The molecule has 0 radical (unpaired) electrons. The molecule has 0 saturated heterocycles. The zero-order valence-electron chi connectivity index (χ0n) is 22.3. The van der Waals surface area contributed by atoms with Gasteiger partial charge in [0.1, 0.15) is 12.4 Å². The molecule has 0 bridgehead atoms. The largest absolute Gasteiger partial charge is 0.454 e. The number of anilines is 1. The van der Waals surface area contributed by atoms with Crippen LogP contribution in [0.2, 0.25) is 0 Å². The summed E-state index contributed by atoms with van der Waals surface area (Å²) in [5, 5.41) is 7.80. The SMILES string of the molecule is COCCN(CC(=O)Nc1cc(C(C)(C)C)nn1-c1ccc(C)cc1C)C(=O)c1ccc2c(c1)OCO2. The van der Waals surface area contributed by atoms with Gasteiger partial charge in [0.15, 0.2) is 11.5 Å². The van der Waals surface area contributed by atoms with Crippen molar-refractivity contribution in [3.63, 3.8) is 0 Å². The van der Waals surface area contributed by atoms with E-state index in [2.05, 4.69) is 32.2 Å². The molecule has 9 heteroatoms. The maximum atomic E-state index is 13.3. The van der Waals surface area contributed by atoms with Gasteiger partial charge in [0.25, 0.3) is 5.91 Å². The molecule has 4 rings (SSSR count). The monoisotopic (exact) mass is 506 g/mol. The summed E-state index contributed by atoms with van der Waals surface area (Å²) in [7, 11) is 1.56. The van der Waals surface area contributed by atoms with Gasteiger partial charge in [0, 0.05) is 30.7 Å². The van der Waals surface area contributed by atoms with Gasteiger partial charge in [-0.05, 0) is 43.7 Å². The maximum Gasteiger partial charge on any atom is 0.254 e. The fourth-order valence-corrected chi connectivity index (χ4v) is 4.09. The lowest BCUT2D eigenvalue weighted by Gasteiger charge is -2.22. The van der Waals surface area contributed by atoms with E-state index in [1.807, 2.05) is 32.0 Å². The number of aromatic nitrogens is 2. The summed E-state index contributed by atoms with van der Waals surface area (Å²) < 4.78 is 17.7. The summed E-state index contributed by atoms with van der Waals surface area (Å²) in [4.78, 5) is 28.0. The summed E-state index contributed by atoms with van der Waals surface area (Å²) in [6.07, 6.45) is 0. The highest BCUT2D eigenvalue weighted by Gasteiger charge is 2.25. The van der Waals surface area contributed by atoms with Crippen molar-refractivity contribution in [2.75, 3.05) is 38.9 Å². The number of rotatable bonds is 8. The quantitative estimate of drug-likeness (QED) is 0.491. The molecule has 2 heterocycles. The molecule has 0 saturated carbocycles. The average molecular weight is 507 g/mol. The molecule has 0 atom stereocenters. The second-order valence-electron chi connectivity index (χ2n) is 10.2. The lowest BCUT2D eigenvalue weighted by atomic mass is 9.92. The molecule has 0 aliphatic carbocycles. The van der Waals surface area contributed by atoms with E-state index in [4.69, 9.17) is 19.3 Å². The number of benzene rings is 2. The highest BCUT2D eigenvalue weighted by Crippen LogP contribution is 2.33. The van der Waals surface area contributed by atoms with Crippen LogP contribution in [-0.4, -0.2) is 60.1 Å². The predicted molar refractivity (Wildman–Crippen MR) is 141 cm³/mol. The third-order valence-electron chi connectivity index (χ3n) is 6.13. The van der Waals surface area contributed by atoms with E-state index in [-0.39, 0.29) is 43.7 Å². The first-order valence-electron chi connectivity index (χ1n) is 12.2. The number of nitrogens with zero attached hydrogens (tertiary/aromatic N) is 3. The Labute approximate surface area is 217 Å². The van der Waals surface area contributed by atoms with E-state index < -0.39 is 0 Å². The Balaban J connectivity index is 1.58.